The van der Waals surface area contributed by atoms with E-state index in [-0.39, 0.29) is 5.91 Å². The molecule has 84 valence electrons. The lowest BCUT2D eigenvalue weighted by Gasteiger charge is -2.06. The van der Waals surface area contributed by atoms with Gasteiger partial charge in [-0.15, -0.1) is 0 Å². The Labute approximate surface area is 97.6 Å². The summed E-state index contributed by atoms with van der Waals surface area (Å²) in [7, 11) is 0. The molecule has 1 amide bonds. The molecule has 1 atom stereocenters. The van der Waals surface area contributed by atoms with Crippen LogP contribution in [-0.4, -0.2) is 22.3 Å². The highest BCUT2D eigenvalue weighted by atomic mass is 79.9. The van der Waals surface area contributed by atoms with Crippen molar-refractivity contribution in [2.24, 2.45) is 0 Å². The summed E-state index contributed by atoms with van der Waals surface area (Å²) in [6.07, 6.45) is 3.25. The highest BCUT2D eigenvalue weighted by Crippen LogP contribution is 2.08. The van der Waals surface area contributed by atoms with Crippen molar-refractivity contribution >= 4 is 21.8 Å². The average Bonchev–Trinajstić information content (AvgIpc) is 2.64. The van der Waals surface area contributed by atoms with Crippen molar-refractivity contribution in [3.8, 4) is 0 Å². The van der Waals surface area contributed by atoms with Crippen LogP contribution in [0, 0.1) is 6.92 Å². The van der Waals surface area contributed by atoms with Crippen molar-refractivity contribution in [3.05, 3.63) is 17.8 Å². The number of carbonyl (C=O) groups excluding carboxylic acids is 1. The van der Waals surface area contributed by atoms with Crippen LogP contribution >= 0.6 is 15.9 Å². The number of oxazole rings is 1. The first kappa shape index (κ1) is 12.2. The van der Waals surface area contributed by atoms with Gasteiger partial charge in [-0.05, 0) is 19.8 Å². The summed E-state index contributed by atoms with van der Waals surface area (Å²) in [5, 5.41) is 2.79. The summed E-state index contributed by atoms with van der Waals surface area (Å²) >= 11 is 3.50. The lowest BCUT2D eigenvalue weighted by Crippen LogP contribution is -2.26. The summed E-state index contributed by atoms with van der Waals surface area (Å²) < 4.78 is 4.98. The number of carbonyl (C=O) groups is 1. The normalized spacial score (nSPS) is 12.5. The van der Waals surface area contributed by atoms with E-state index in [1.54, 1.807) is 6.92 Å². The van der Waals surface area contributed by atoms with Crippen molar-refractivity contribution in [2.75, 3.05) is 6.54 Å². The number of hydrogen-bond donors (Lipinski definition) is 1. The smallest absolute Gasteiger partial charge is 0.288 e. The van der Waals surface area contributed by atoms with Crippen LogP contribution < -0.4 is 5.32 Å². The lowest BCUT2D eigenvalue weighted by molar-refractivity contribution is 0.0924. The van der Waals surface area contributed by atoms with Gasteiger partial charge < -0.3 is 9.73 Å². The van der Waals surface area contributed by atoms with Gasteiger partial charge in [-0.3, -0.25) is 4.79 Å². The maximum absolute atomic E-state index is 11.5. The van der Waals surface area contributed by atoms with Crippen molar-refractivity contribution in [3.63, 3.8) is 0 Å². The molecule has 1 unspecified atom stereocenters. The van der Waals surface area contributed by atoms with Gasteiger partial charge in [0, 0.05) is 11.4 Å². The van der Waals surface area contributed by atoms with Crippen LogP contribution in [0.5, 0.6) is 0 Å². The molecule has 0 fully saturated rings. The Morgan fingerprint density at radius 2 is 2.47 bits per heavy atom. The van der Waals surface area contributed by atoms with Crippen molar-refractivity contribution < 1.29 is 9.21 Å². The Hall–Kier alpha value is -0.840. The fourth-order valence-electron chi connectivity index (χ4n) is 1.15. The average molecular weight is 275 g/mol. The standard InChI is InChI=1S/C10H15BrN2O2/c1-3-8(11)4-5-12-10(14)9-7(2)13-6-15-9/h6,8H,3-5H2,1-2H3,(H,12,14). The minimum absolute atomic E-state index is 0.194. The molecule has 1 aromatic heterocycles. The van der Waals surface area contributed by atoms with Crippen LogP contribution in [0.2, 0.25) is 0 Å². The number of rotatable bonds is 5. The summed E-state index contributed by atoms with van der Waals surface area (Å²) in [5.41, 5.74) is 0.624. The van der Waals surface area contributed by atoms with Gasteiger partial charge in [0.25, 0.3) is 5.91 Å². The van der Waals surface area contributed by atoms with Crippen LogP contribution in [-0.2, 0) is 0 Å². The second-order valence-corrected chi connectivity index (χ2v) is 4.61. The van der Waals surface area contributed by atoms with Crippen LogP contribution in [0.3, 0.4) is 0 Å². The first-order chi connectivity index (χ1) is 7.15. The van der Waals surface area contributed by atoms with Gasteiger partial charge in [-0.1, -0.05) is 22.9 Å². The van der Waals surface area contributed by atoms with Gasteiger partial charge in [0.15, 0.2) is 6.39 Å². The van der Waals surface area contributed by atoms with Crippen LogP contribution in [0.25, 0.3) is 0 Å². The molecule has 0 saturated carbocycles. The minimum Gasteiger partial charge on any atom is -0.438 e. The van der Waals surface area contributed by atoms with E-state index in [9.17, 15) is 4.79 Å². The van der Waals surface area contributed by atoms with Crippen LogP contribution in [0.4, 0.5) is 0 Å². The third-order valence-corrected chi connectivity index (χ3v) is 3.24. The number of halogens is 1. The summed E-state index contributed by atoms with van der Waals surface area (Å²) in [4.78, 5) is 15.8. The zero-order valence-electron chi connectivity index (χ0n) is 8.92. The first-order valence-electron chi connectivity index (χ1n) is 4.97. The fraction of sp³-hybridized carbons (Fsp3) is 0.600. The molecule has 1 N–H and O–H groups in total. The maximum atomic E-state index is 11.5. The lowest BCUT2D eigenvalue weighted by atomic mass is 10.2. The van der Waals surface area contributed by atoms with E-state index in [2.05, 4.69) is 33.2 Å². The molecule has 1 rings (SSSR count). The Balaban J connectivity index is 2.34. The quantitative estimate of drug-likeness (QED) is 0.839. The van der Waals surface area contributed by atoms with E-state index in [0.717, 1.165) is 12.8 Å². The van der Waals surface area contributed by atoms with Crippen molar-refractivity contribution in [1.82, 2.24) is 10.3 Å². The molecule has 0 radical (unpaired) electrons. The summed E-state index contributed by atoms with van der Waals surface area (Å²) in [6.45, 7) is 4.49. The number of aryl methyl sites for hydroxylation is 1. The van der Waals surface area contributed by atoms with Crippen molar-refractivity contribution in [2.45, 2.75) is 31.5 Å². The topological polar surface area (TPSA) is 55.1 Å². The highest BCUT2D eigenvalue weighted by molar-refractivity contribution is 9.09. The molecule has 0 aliphatic carbocycles. The summed E-state index contributed by atoms with van der Waals surface area (Å²) in [5.74, 6) is 0.110. The molecule has 1 aromatic rings. The minimum atomic E-state index is -0.194. The van der Waals surface area contributed by atoms with E-state index in [1.165, 1.54) is 6.39 Å². The molecule has 0 aromatic carbocycles. The number of aromatic nitrogens is 1. The molecular weight excluding hydrogens is 260 g/mol. The molecule has 1 heterocycles. The van der Waals surface area contributed by atoms with Gasteiger partial charge in [0.1, 0.15) is 0 Å². The molecule has 0 saturated heterocycles. The van der Waals surface area contributed by atoms with Gasteiger partial charge in [-0.25, -0.2) is 4.98 Å². The van der Waals surface area contributed by atoms with Gasteiger partial charge in [0.05, 0.1) is 5.69 Å². The molecule has 0 spiro atoms. The second kappa shape index (κ2) is 5.90. The predicted octanol–water partition coefficient (Wildman–Crippen LogP) is 2.28. The molecule has 0 aliphatic rings. The van der Waals surface area contributed by atoms with E-state index in [4.69, 9.17) is 4.42 Å². The number of nitrogens with one attached hydrogen (secondary N) is 1. The molecule has 5 heteroatoms. The SMILES string of the molecule is CCC(Br)CCNC(=O)c1ocnc1C. The fourth-order valence-corrected chi connectivity index (χ4v) is 1.38. The zero-order valence-corrected chi connectivity index (χ0v) is 10.5. The van der Waals surface area contributed by atoms with E-state index < -0.39 is 0 Å². The van der Waals surface area contributed by atoms with Crippen LogP contribution in [0.15, 0.2) is 10.8 Å². The predicted molar refractivity (Wildman–Crippen MR) is 61.2 cm³/mol. The monoisotopic (exact) mass is 274 g/mol. The Kier molecular flexibility index (Phi) is 4.81. The van der Waals surface area contributed by atoms with E-state index >= 15 is 0 Å². The Morgan fingerprint density at radius 3 is 3.00 bits per heavy atom. The first-order valence-corrected chi connectivity index (χ1v) is 5.89. The molecular formula is C10H15BrN2O2. The molecule has 0 bridgehead atoms. The number of alkyl halides is 1. The van der Waals surface area contributed by atoms with Gasteiger partial charge in [-0.2, -0.15) is 0 Å². The largest absolute Gasteiger partial charge is 0.438 e. The Morgan fingerprint density at radius 1 is 1.73 bits per heavy atom. The maximum Gasteiger partial charge on any atom is 0.288 e. The third-order valence-electron chi connectivity index (χ3n) is 2.14. The Bertz CT molecular complexity index is 325. The van der Waals surface area contributed by atoms with E-state index in [0.29, 0.717) is 22.8 Å². The van der Waals surface area contributed by atoms with Crippen molar-refractivity contribution in [1.29, 1.82) is 0 Å². The van der Waals surface area contributed by atoms with Crippen LogP contribution in [0.1, 0.15) is 36.0 Å². The highest BCUT2D eigenvalue weighted by Gasteiger charge is 2.13. The molecule has 15 heavy (non-hydrogen) atoms. The van der Waals surface area contributed by atoms with Gasteiger partial charge >= 0.3 is 0 Å². The summed E-state index contributed by atoms with van der Waals surface area (Å²) in [6, 6.07) is 0. The number of hydrogen-bond acceptors (Lipinski definition) is 3. The second-order valence-electron chi connectivity index (χ2n) is 3.32. The zero-order chi connectivity index (χ0) is 11.3. The number of amides is 1. The molecule has 0 aliphatic heterocycles. The van der Waals surface area contributed by atoms with E-state index in [1.807, 2.05) is 0 Å². The number of nitrogens with zero attached hydrogens (tertiary/aromatic N) is 1. The third kappa shape index (κ3) is 3.66. The molecule has 4 nitrogen and oxygen atoms in total. The van der Waals surface area contributed by atoms with Gasteiger partial charge in [0.2, 0.25) is 5.76 Å².